The third kappa shape index (κ3) is 7.53. The van der Waals surface area contributed by atoms with Gasteiger partial charge in [0.1, 0.15) is 11.5 Å². The Labute approximate surface area is 291 Å². The lowest BCUT2D eigenvalue weighted by Crippen LogP contribution is -2.26. The summed E-state index contributed by atoms with van der Waals surface area (Å²) in [5.41, 5.74) is 11.0. The summed E-state index contributed by atoms with van der Waals surface area (Å²) in [5.74, 6) is 1.52. The number of nitrogens with one attached hydrogen (secondary N) is 2. The monoisotopic (exact) mass is 684 g/mol. The Morgan fingerprint density at radius 1 is 0.583 bits per heavy atom. The highest BCUT2D eigenvalue weighted by Crippen LogP contribution is 2.45. The molecule has 4 N–H and O–H groups in total. The number of aromatic nitrogens is 2. The average molecular weight is 686 g/mol. The van der Waals surface area contributed by atoms with Gasteiger partial charge in [0, 0.05) is 38.1 Å². The van der Waals surface area contributed by atoms with Crippen molar-refractivity contribution in [2.75, 3.05) is 58.4 Å². The highest BCUT2D eigenvalue weighted by atomic mass is 35.5. The Kier molecular flexibility index (Phi) is 11.3. The molecule has 0 aliphatic carbocycles. The molecule has 8 nitrogen and oxygen atoms in total. The molecule has 0 amide bonds. The Hall–Kier alpha value is -3.92. The molecule has 0 bridgehead atoms. The molecule has 6 rings (SSSR count). The highest BCUT2D eigenvalue weighted by Gasteiger charge is 2.23. The van der Waals surface area contributed by atoms with E-state index in [-0.39, 0.29) is 0 Å². The van der Waals surface area contributed by atoms with Crippen LogP contribution in [-0.4, -0.2) is 63.5 Å². The second-order valence-electron chi connectivity index (χ2n) is 11.9. The van der Waals surface area contributed by atoms with E-state index >= 15 is 0 Å². The molecule has 0 aliphatic heterocycles. The lowest BCUT2D eigenvalue weighted by Gasteiger charge is -2.30. The first kappa shape index (κ1) is 34.0. The molecule has 10 heteroatoms. The summed E-state index contributed by atoms with van der Waals surface area (Å²) in [7, 11) is 3.38. The number of nitrogens with two attached hydrogens (primary N) is 1. The van der Waals surface area contributed by atoms with E-state index in [1.807, 2.05) is 48.5 Å². The van der Waals surface area contributed by atoms with Gasteiger partial charge in [-0.25, -0.2) is 9.97 Å². The van der Waals surface area contributed by atoms with Crippen LogP contribution in [0.1, 0.15) is 25.7 Å². The fraction of sp³-hybridized carbons (Fsp3) is 0.316. The van der Waals surface area contributed by atoms with Crippen LogP contribution in [0.5, 0.6) is 11.5 Å². The molecule has 0 aliphatic rings. The number of fused-ring (bicyclic) bond motifs is 4. The number of benzene rings is 4. The average Bonchev–Trinajstić information content (AvgIpc) is 3.10. The Bertz CT molecular complexity index is 1910. The minimum absolute atomic E-state index is 0.637. The summed E-state index contributed by atoms with van der Waals surface area (Å²) in [6.07, 6.45) is 4.14. The maximum absolute atomic E-state index is 6.53. The van der Waals surface area contributed by atoms with Crippen LogP contribution < -0.4 is 30.7 Å². The van der Waals surface area contributed by atoms with Crippen molar-refractivity contribution in [3.8, 4) is 11.5 Å². The minimum atomic E-state index is 0.637. The van der Waals surface area contributed by atoms with Crippen molar-refractivity contribution < 1.29 is 9.47 Å². The van der Waals surface area contributed by atoms with Crippen LogP contribution in [0.4, 0.5) is 11.4 Å². The zero-order valence-electron chi connectivity index (χ0n) is 27.5. The van der Waals surface area contributed by atoms with Crippen molar-refractivity contribution in [3.05, 3.63) is 82.8 Å². The van der Waals surface area contributed by atoms with Gasteiger partial charge in [0.25, 0.3) is 0 Å². The normalized spacial score (nSPS) is 11.6. The largest absolute Gasteiger partial charge is 0.497 e. The molecular weight excluding hydrogens is 643 g/mol. The third-order valence-electron chi connectivity index (χ3n) is 8.62. The number of halogens is 2. The van der Waals surface area contributed by atoms with Crippen molar-refractivity contribution in [3.63, 3.8) is 0 Å². The second kappa shape index (κ2) is 16.0. The number of rotatable bonds is 16. The molecule has 0 unspecified atom stereocenters. The van der Waals surface area contributed by atoms with Gasteiger partial charge in [-0.2, -0.15) is 0 Å². The van der Waals surface area contributed by atoms with E-state index in [0.717, 1.165) is 131 Å². The Morgan fingerprint density at radius 3 is 1.54 bits per heavy atom. The van der Waals surface area contributed by atoms with Crippen molar-refractivity contribution in [2.45, 2.75) is 25.7 Å². The van der Waals surface area contributed by atoms with E-state index in [1.165, 1.54) is 0 Å². The molecular formula is C38H42Cl2N6O2. The van der Waals surface area contributed by atoms with Crippen LogP contribution in [-0.2, 0) is 0 Å². The van der Waals surface area contributed by atoms with E-state index in [9.17, 15) is 0 Å². The minimum Gasteiger partial charge on any atom is -0.497 e. The number of hydrogen-bond acceptors (Lipinski definition) is 8. The summed E-state index contributed by atoms with van der Waals surface area (Å²) in [6, 6.07) is 23.9. The third-order valence-corrected chi connectivity index (χ3v) is 9.09. The molecule has 0 atom stereocenters. The zero-order chi connectivity index (χ0) is 33.5. The SMILES string of the molecule is COc1ccc2nc3cc(Cl)ccc3c(N(CCCNCCCCNCCCN)c3c4ccc(Cl)cc4nc4ccc(OC)cc34)c2c1. The van der Waals surface area contributed by atoms with Gasteiger partial charge in [-0.1, -0.05) is 23.2 Å². The van der Waals surface area contributed by atoms with Gasteiger partial charge in [-0.3, -0.25) is 0 Å². The summed E-state index contributed by atoms with van der Waals surface area (Å²) < 4.78 is 11.4. The smallest absolute Gasteiger partial charge is 0.119 e. The molecule has 0 fully saturated rings. The quantitative estimate of drug-likeness (QED) is 0.0693. The first-order valence-electron chi connectivity index (χ1n) is 16.5. The van der Waals surface area contributed by atoms with Gasteiger partial charge in [0.2, 0.25) is 0 Å². The van der Waals surface area contributed by atoms with Crippen LogP contribution >= 0.6 is 23.2 Å². The van der Waals surface area contributed by atoms with E-state index in [2.05, 4.69) is 39.8 Å². The number of anilines is 2. The molecule has 250 valence electrons. The molecule has 2 aromatic heterocycles. The molecule has 0 saturated heterocycles. The lowest BCUT2D eigenvalue weighted by atomic mass is 10.0. The molecule has 2 heterocycles. The van der Waals surface area contributed by atoms with E-state index < -0.39 is 0 Å². The number of pyridine rings is 2. The van der Waals surface area contributed by atoms with Crippen LogP contribution in [0.15, 0.2) is 72.8 Å². The molecule has 0 spiro atoms. The van der Waals surface area contributed by atoms with Gasteiger partial charge in [-0.15, -0.1) is 0 Å². The van der Waals surface area contributed by atoms with Crippen molar-refractivity contribution >= 4 is 78.2 Å². The summed E-state index contributed by atoms with van der Waals surface area (Å²) in [6.45, 7) is 5.27. The second-order valence-corrected chi connectivity index (χ2v) is 12.7. The Balaban J connectivity index is 1.47. The number of nitrogens with zero attached hydrogens (tertiary/aromatic N) is 3. The maximum Gasteiger partial charge on any atom is 0.119 e. The number of methoxy groups -OCH3 is 2. The highest BCUT2D eigenvalue weighted by molar-refractivity contribution is 6.32. The summed E-state index contributed by atoms with van der Waals surface area (Å²) >= 11 is 13.1. The fourth-order valence-electron chi connectivity index (χ4n) is 6.26. The predicted octanol–water partition coefficient (Wildman–Crippen LogP) is 8.25. The number of ether oxygens (including phenoxy) is 2. The lowest BCUT2D eigenvalue weighted by molar-refractivity contribution is 0.415. The van der Waals surface area contributed by atoms with Crippen LogP contribution in [0.3, 0.4) is 0 Å². The standard InChI is InChI=1S/C38H42Cl2N6O2/c1-47-27-9-13-33-31(23-27)37(29-11-7-25(39)21-35(29)44-33)46(20-6-19-43-17-4-3-16-42-18-5-15-41)38-30-12-8-26(40)22-36(30)45-34-14-10-28(48-2)24-32(34)38/h7-14,21-24,42-43H,3-6,15-20,41H2,1-2H3. The van der Waals surface area contributed by atoms with Crippen molar-refractivity contribution in [1.29, 1.82) is 0 Å². The van der Waals surface area contributed by atoms with Crippen LogP contribution in [0, 0.1) is 0 Å². The summed E-state index contributed by atoms with van der Waals surface area (Å²) in [4.78, 5) is 12.5. The predicted molar refractivity (Wildman–Crippen MR) is 202 cm³/mol. The summed E-state index contributed by atoms with van der Waals surface area (Å²) in [5, 5.41) is 12.4. The molecule has 0 saturated carbocycles. The molecule has 0 radical (unpaired) electrons. The fourth-order valence-corrected chi connectivity index (χ4v) is 6.59. The van der Waals surface area contributed by atoms with Crippen molar-refractivity contribution in [1.82, 2.24) is 20.6 Å². The number of unbranched alkanes of at least 4 members (excludes halogenated alkanes) is 1. The van der Waals surface area contributed by atoms with Crippen LogP contribution in [0.2, 0.25) is 10.0 Å². The molecule has 6 aromatic rings. The van der Waals surface area contributed by atoms with Gasteiger partial charge in [0.05, 0.1) is 47.7 Å². The van der Waals surface area contributed by atoms with Crippen molar-refractivity contribution in [2.24, 2.45) is 5.73 Å². The first-order valence-corrected chi connectivity index (χ1v) is 17.3. The molecule has 48 heavy (non-hydrogen) atoms. The first-order chi connectivity index (χ1) is 23.5. The van der Waals surface area contributed by atoms with Crippen LogP contribution in [0.25, 0.3) is 43.6 Å². The molecule has 4 aromatic carbocycles. The van der Waals surface area contributed by atoms with E-state index in [1.54, 1.807) is 14.2 Å². The van der Waals surface area contributed by atoms with Gasteiger partial charge in [0.15, 0.2) is 0 Å². The maximum atomic E-state index is 6.53. The van der Waals surface area contributed by atoms with Gasteiger partial charge < -0.3 is 30.7 Å². The van der Waals surface area contributed by atoms with Gasteiger partial charge >= 0.3 is 0 Å². The zero-order valence-corrected chi connectivity index (χ0v) is 29.0. The van der Waals surface area contributed by atoms with Gasteiger partial charge in [-0.05, 0) is 131 Å². The van der Waals surface area contributed by atoms with E-state index in [0.29, 0.717) is 10.0 Å². The van der Waals surface area contributed by atoms with E-state index in [4.69, 9.17) is 48.4 Å². The number of hydrogen-bond donors (Lipinski definition) is 3. The Morgan fingerprint density at radius 2 is 1.06 bits per heavy atom. The topological polar surface area (TPSA) is 97.6 Å².